The zero-order valence-corrected chi connectivity index (χ0v) is 11.6. The number of aromatic nitrogens is 2. The molecule has 2 heterocycles. The minimum Gasteiger partial charge on any atom is -0.478 e. The summed E-state index contributed by atoms with van der Waals surface area (Å²) in [6.45, 7) is 0. The van der Waals surface area contributed by atoms with Gasteiger partial charge >= 0.3 is 5.97 Å². The number of hydrogen-bond acceptors (Lipinski definition) is 4. The van der Waals surface area contributed by atoms with Crippen molar-refractivity contribution in [1.29, 1.82) is 0 Å². The third-order valence-corrected chi connectivity index (χ3v) is 3.16. The van der Waals surface area contributed by atoms with E-state index in [0.29, 0.717) is 5.82 Å². The Bertz CT molecular complexity index is 787. The summed E-state index contributed by atoms with van der Waals surface area (Å²) in [5.74, 6) is -0.257. The van der Waals surface area contributed by atoms with Crippen molar-refractivity contribution >= 4 is 17.5 Å². The van der Waals surface area contributed by atoms with E-state index < -0.39 is 5.97 Å². The lowest BCUT2D eigenvalue weighted by Gasteiger charge is -2.08. The summed E-state index contributed by atoms with van der Waals surface area (Å²) < 4.78 is 0. The van der Waals surface area contributed by atoms with Gasteiger partial charge in [0.1, 0.15) is 5.82 Å². The Balaban J connectivity index is 1.82. The van der Waals surface area contributed by atoms with E-state index in [2.05, 4.69) is 15.3 Å². The summed E-state index contributed by atoms with van der Waals surface area (Å²) in [4.78, 5) is 19.2. The second-order valence-electron chi connectivity index (χ2n) is 4.68. The van der Waals surface area contributed by atoms with Crippen molar-refractivity contribution in [2.75, 3.05) is 5.32 Å². The Morgan fingerprint density at radius 1 is 1.00 bits per heavy atom. The van der Waals surface area contributed by atoms with Crippen LogP contribution in [0.2, 0.25) is 0 Å². The smallest absolute Gasteiger partial charge is 0.335 e. The molecule has 1 aromatic carbocycles. The fraction of sp³-hybridized carbons (Fsp3) is 0. The van der Waals surface area contributed by atoms with Crippen LogP contribution in [0.1, 0.15) is 10.4 Å². The van der Waals surface area contributed by atoms with Gasteiger partial charge in [-0.1, -0.05) is 6.07 Å². The minimum atomic E-state index is -0.941. The molecule has 0 aliphatic heterocycles. The molecule has 3 aromatic rings. The molecule has 5 nitrogen and oxygen atoms in total. The van der Waals surface area contributed by atoms with E-state index in [1.807, 2.05) is 24.3 Å². The molecule has 2 N–H and O–H groups in total. The average Bonchev–Trinajstić information content (AvgIpc) is 2.56. The van der Waals surface area contributed by atoms with E-state index in [4.69, 9.17) is 5.11 Å². The highest BCUT2D eigenvalue weighted by molar-refractivity contribution is 5.88. The first-order valence-electron chi connectivity index (χ1n) is 6.69. The van der Waals surface area contributed by atoms with Crippen LogP contribution in [-0.2, 0) is 0 Å². The van der Waals surface area contributed by atoms with Crippen LogP contribution >= 0.6 is 0 Å². The summed E-state index contributed by atoms with van der Waals surface area (Å²) in [6.07, 6.45) is 5.24. The van der Waals surface area contributed by atoms with Gasteiger partial charge in [-0.05, 0) is 48.0 Å². The lowest BCUT2D eigenvalue weighted by Crippen LogP contribution is -1.97. The number of hydrogen-bond donors (Lipinski definition) is 2. The second-order valence-corrected chi connectivity index (χ2v) is 4.68. The number of nitrogens with zero attached hydrogens (tertiary/aromatic N) is 2. The zero-order chi connectivity index (χ0) is 15.4. The van der Waals surface area contributed by atoms with E-state index in [1.165, 1.54) is 0 Å². The third-order valence-electron chi connectivity index (χ3n) is 3.16. The quantitative estimate of drug-likeness (QED) is 0.768. The summed E-state index contributed by atoms with van der Waals surface area (Å²) in [5, 5.41) is 12.0. The van der Waals surface area contributed by atoms with Crippen LogP contribution in [0, 0.1) is 0 Å². The predicted molar refractivity (Wildman–Crippen MR) is 84.2 cm³/mol. The number of carbonyl (C=O) groups is 1. The molecule has 3 rings (SSSR count). The van der Waals surface area contributed by atoms with Gasteiger partial charge in [0.2, 0.25) is 0 Å². The lowest BCUT2D eigenvalue weighted by molar-refractivity contribution is 0.0697. The zero-order valence-electron chi connectivity index (χ0n) is 11.6. The van der Waals surface area contributed by atoms with Gasteiger partial charge in [-0.25, -0.2) is 9.78 Å². The highest BCUT2D eigenvalue weighted by atomic mass is 16.4. The number of carboxylic acids is 1. The summed E-state index contributed by atoms with van der Waals surface area (Å²) in [5.41, 5.74) is 3.05. The second kappa shape index (κ2) is 6.05. The number of nitrogens with one attached hydrogen (secondary N) is 1. The molecular weight excluding hydrogens is 278 g/mol. The number of carboxylic acid groups (broad SMARTS) is 1. The molecule has 0 fully saturated rings. The largest absolute Gasteiger partial charge is 0.478 e. The Kier molecular flexibility index (Phi) is 3.78. The fourth-order valence-electron chi connectivity index (χ4n) is 2.06. The maximum absolute atomic E-state index is 10.8. The average molecular weight is 291 g/mol. The van der Waals surface area contributed by atoms with Crippen molar-refractivity contribution in [2.45, 2.75) is 0 Å². The van der Waals surface area contributed by atoms with Gasteiger partial charge in [-0.3, -0.25) is 4.98 Å². The highest BCUT2D eigenvalue weighted by Gasteiger charge is 2.03. The van der Waals surface area contributed by atoms with Crippen LogP contribution in [0.3, 0.4) is 0 Å². The van der Waals surface area contributed by atoms with Gasteiger partial charge in [0.05, 0.1) is 5.56 Å². The molecule has 0 bridgehead atoms. The molecule has 0 amide bonds. The van der Waals surface area contributed by atoms with E-state index in [1.54, 1.807) is 42.9 Å². The first-order valence-corrected chi connectivity index (χ1v) is 6.69. The summed E-state index contributed by atoms with van der Waals surface area (Å²) in [6, 6.07) is 14.2. The summed E-state index contributed by atoms with van der Waals surface area (Å²) in [7, 11) is 0. The molecule has 0 aliphatic carbocycles. The van der Waals surface area contributed by atoms with Crippen LogP contribution in [0.4, 0.5) is 11.5 Å². The van der Waals surface area contributed by atoms with Crippen molar-refractivity contribution in [3.63, 3.8) is 0 Å². The Labute approximate surface area is 127 Å². The molecule has 5 heteroatoms. The number of aromatic carboxylic acids is 1. The van der Waals surface area contributed by atoms with Gasteiger partial charge in [0, 0.05) is 29.8 Å². The topological polar surface area (TPSA) is 75.1 Å². The maximum Gasteiger partial charge on any atom is 0.335 e. The van der Waals surface area contributed by atoms with Gasteiger partial charge in [-0.15, -0.1) is 0 Å². The van der Waals surface area contributed by atoms with Crippen molar-refractivity contribution in [1.82, 2.24) is 9.97 Å². The predicted octanol–water partition coefficient (Wildman–Crippen LogP) is 3.59. The van der Waals surface area contributed by atoms with Gasteiger partial charge in [-0.2, -0.15) is 0 Å². The molecule has 0 aliphatic rings. The molecule has 0 saturated heterocycles. The first-order chi connectivity index (χ1) is 10.7. The van der Waals surface area contributed by atoms with Crippen LogP contribution < -0.4 is 5.32 Å². The molecule has 0 unspecified atom stereocenters. The minimum absolute atomic E-state index is 0.252. The van der Waals surface area contributed by atoms with Crippen molar-refractivity contribution in [3.8, 4) is 11.1 Å². The van der Waals surface area contributed by atoms with Crippen molar-refractivity contribution < 1.29 is 9.90 Å². The monoisotopic (exact) mass is 291 g/mol. The van der Waals surface area contributed by atoms with E-state index in [-0.39, 0.29) is 5.56 Å². The van der Waals surface area contributed by atoms with Crippen molar-refractivity contribution in [2.24, 2.45) is 0 Å². The highest BCUT2D eigenvalue weighted by Crippen LogP contribution is 2.22. The lowest BCUT2D eigenvalue weighted by atomic mass is 10.1. The third kappa shape index (κ3) is 3.09. The molecule has 0 atom stereocenters. The van der Waals surface area contributed by atoms with E-state index in [9.17, 15) is 4.79 Å². The molecule has 2 aromatic heterocycles. The molecule has 108 valence electrons. The molecular formula is C17H13N3O2. The van der Waals surface area contributed by atoms with Gasteiger partial charge < -0.3 is 10.4 Å². The van der Waals surface area contributed by atoms with Gasteiger partial charge in [0.15, 0.2) is 0 Å². The standard InChI is InChI=1S/C17H13N3O2/c21-17(22)12-3-5-15(6-4-12)20-16-10-13(7-9-19-16)14-2-1-8-18-11-14/h1-11H,(H,19,20)(H,21,22). The molecule has 0 spiro atoms. The van der Waals surface area contributed by atoms with Crippen LogP contribution in [0.25, 0.3) is 11.1 Å². The van der Waals surface area contributed by atoms with Crippen LogP contribution in [0.5, 0.6) is 0 Å². The fourth-order valence-corrected chi connectivity index (χ4v) is 2.06. The van der Waals surface area contributed by atoms with E-state index >= 15 is 0 Å². The van der Waals surface area contributed by atoms with Crippen molar-refractivity contribution in [3.05, 3.63) is 72.7 Å². The Morgan fingerprint density at radius 2 is 1.82 bits per heavy atom. The maximum atomic E-state index is 10.8. The molecule has 22 heavy (non-hydrogen) atoms. The number of anilines is 2. The van der Waals surface area contributed by atoms with Crippen LogP contribution in [0.15, 0.2) is 67.1 Å². The summed E-state index contributed by atoms with van der Waals surface area (Å²) >= 11 is 0. The van der Waals surface area contributed by atoms with E-state index in [0.717, 1.165) is 16.8 Å². The SMILES string of the molecule is O=C(O)c1ccc(Nc2cc(-c3cccnc3)ccn2)cc1. The number of rotatable bonds is 4. The Hall–Kier alpha value is -3.21. The molecule has 0 saturated carbocycles. The molecule has 0 radical (unpaired) electrons. The normalized spacial score (nSPS) is 10.2. The number of pyridine rings is 2. The Morgan fingerprint density at radius 3 is 2.50 bits per heavy atom. The van der Waals surface area contributed by atoms with Crippen LogP contribution in [-0.4, -0.2) is 21.0 Å². The first kappa shape index (κ1) is 13.8. The van der Waals surface area contributed by atoms with Gasteiger partial charge in [0.25, 0.3) is 0 Å². The number of benzene rings is 1.